The van der Waals surface area contributed by atoms with E-state index in [0.717, 1.165) is 18.4 Å². The molecule has 0 spiro atoms. The molecule has 1 aromatic heterocycles. The second-order valence-electron chi connectivity index (χ2n) is 5.00. The Morgan fingerprint density at radius 1 is 1.55 bits per heavy atom. The first kappa shape index (κ1) is 15.5. The number of sulfonamides is 1. The van der Waals surface area contributed by atoms with Crippen LogP contribution in [0.2, 0.25) is 0 Å². The fourth-order valence-corrected chi connectivity index (χ4v) is 3.70. The maximum Gasteiger partial charge on any atom is 0.287 e. The van der Waals surface area contributed by atoms with E-state index < -0.39 is 10.0 Å². The number of furan rings is 1. The van der Waals surface area contributed by atoms with Gasteiger partial charge in [-0.15, -0.1) is 0 Å². The lowest BCUT2D eigenvalue weighted by atomic mass is 10.1. The fraction of sp³-hybridized carbons (Fsp3) is 0.583. The van der Waals surface area contributed by atoms with Gasteiger partial charge in [0.05, 0.1) is 6.26 Å². The zero-order valence-electron chi connectivity index (χ0n) is 11.3. The van der Waals surface area contributed by atoms with Gasteiger partial charge < -0.3 is 9.73 Å². The highest BCUT2D eigenvalue weighted by Crippen LogP contribution is 2.20. The number of carbonyl (C=O) groups excluding carboxylic acids is 1. The van der Waals surface area contributed by atoms with Crippen molar-refractivity contribution in [1.29, 1.82) is 0 Å². The number of hydrogen-bond donors (Lipinski definition) is 1. The molecule has 6 nitrogen and oxygen atoms in total. The molecular weight excluding hydrogens is 348 g/mol. The molecule has 1 unspecified atom stereocenters. The topological polar surface area (TPSA) is 79.6 Å². The van der Waals surface area contributed by atoms with Crippen LogP contribution in [0.4, 0.5) is 0 Å². The molecule has 0 aromatic carbocycles. The van der Waals surface area contributed by atoms with Gasteiger partial charge >= 0.3 is 0 Å². The molecule has 2 rings (SSSR count). The van der Waals surface area contributed by atoms with Crippen LogP contribution in [-0.2, 0) is 10.0 Å². The highest BCUT2D eigenvalue weighted by atomic mass is 79.9. The number of hydrogen-bond acceptors (Lipinski definition) is 4. The minimum Gasteiger partial charge on any atom is -0.444 e. The van der Waals surface area contributed by atoms with Crippen LogP contribution in [0, 0.1) is 6.92 Å². The number of halogens is 1. The van der Waals surface area contributed by atoms with Crippen LogP contribution in [0.5, 0.6) is 0 Å². The van der Waals surface area contributed by atoms with Crippen molar-refractivity contribution in [3.05, 3.63) is 22.1 Å². The van der Waals surface area contributed by atoms with Crippen LogP contribution >= 0.6 is 15.9 Å². The van der Waals surface area contributed by atoms with E-state index in [1.165, 1.54) is 10.6 Å². The van der Waals surface area contributed by atoms with Crippen LogP contribution in [0.15, 0.2) is 15.2 Å². The largest absolute Gasteiger partial charge is 0.444 e. The number of amides is 1. The third kappa shape index (κ3) is 3.62. The summed E-state index contributed by atoms with van der Waals surface area (Å²) in [6.45, 7) is 2.61. The Labute approximate surface area is 126 Å². The van der Waals surface area contributed by atoms with Gasteiger partial charge in [-0.05, 0) is 41.8 Å². The highest BCUT2D eigenvalue weighted by Gasteiger charge is 2.28. The van der Waals surface area contributed by atoms with E-state index >= 15 is 0 Å². The van der Waals surface area contributed by atoms with Gasteiger partial charge in [-0.25, -0.2) is 12.7 Å². The minimum absolute atomic E-state index is 0.186. The van der Waals surface area contributed by atoms with Gasteiger partial charge in [0.25, 0.3) is 5.91 Å². The summed E-state index contributed by atoms with van der Waals surface area (Å²) < 4.78 is 30.2. The lowest BCUT2D eigenvalue weighted by Gasteiger charge is -2.31. The first-order valence-electron chi connectivity index (χ1n) is 6.29. The maximum absolute atomic E-state index is 12.1. The van der Waals surface area contributed by atoms with Crippen molar-refractivity contribution in [2.45, 2.75) is 25.8 Å². The van der Waals surface area contributed by atoms with E-state index in [1.54, 1.807) is 13.0 Å². The number of nitrogens with zero attached hydrogens (tertiary/aromatic N) is 1. The second-order valence-corrected chi connectivity index (χ2v) is 7.76. The first-order chi connectivity index (χ1) is 9.27. The summed E-state index contributed by atoms with van der Waals surface area (Å²) in [6, 6.07) is 1.53. The molecular formula is C12H17BrN2O4S. The van der Waals surface area contributed by atoms with Gasteiger partial charge in [-0.2, -0.15) is 0 Å². The molecule has 20 heavy (non-hydrogen) atoms. The average molecular weight is 365 g/mol. The molecule has 2 heterocycles. The third-order valence-corrected chi connectivity index (χ3v) is 4.94. The van der Waals surface area contributed by atoms with Gasteiger partial charge in [-0.1, -0.05) is 0 Å². The summed E-state index contributed by atoms with van der Waals surface area (Å²) in [5.41, 5.74) is 0.741. The molecule has 1 amide bonds. The zero-order valence-corrected chi connectivity index (χ0v) is 13.8. The molecule has 0 radical (unpaired) electrons. The molecule has 1 atom stereocenters. The Morgan fingerprint density at radius 3 is 2.80 bits per heavy atom. The third-order valence-electron chi connectivity index (χ3n) is 3.28. The summed E-state index contributed by atoms with van der Waals surface area (Å²) in [4.78, 5) is 12.1. The van der Waals surface area contributed by atoms with Crippen LogP contribution in [0.25, 0.3) is 0 Å². The number of piperidine rings is 1. The molecule has 1 aliphatic heterocycles. The predicted molar refractivity (Wildman–Crippen MR) is 78.1 cm³/mol. The number of carbonyl (C=O) groups is 1. The number of nitrogens with one attached hydrogen (secondary N) is 1. The SMILES string of the molecule is Cc1cc(Br)oc1C(=O)NC1CCCN(S(C)(=O)=O)C1. The minimum atomic E-state index is -3.21. The number of rotatable bonds is 3. The lowest BCUT2D eigenvalue weighted by molar-refractivity contribution is 0.0891. The van der Waals surface area contributed by atoms with Crippen molar-refractivity contribution in [3.63, 3.8) is 0 Å². The standard InChI is InChI=1S/C12H17BrN2O4S/c1-8-6-10(13)19-11(8)12(16)14-9-4-3-5-15(7-9)20(2,17)18/h6,9H,3-5,7H2,1-2H3,(H,14,16). The summed E-state index contributed by atoms with van der Waals surface area (Å²) in [6.07, 6.45) is 2.68. The Balaban J connectivity index is 2.03. The smallest absolute Gasteiger partial charge is 0.287 e. The first-order valence-corrected chi connectivity index (χ1v) is 8.93. The van der Waals surface area contributed by atoms with Crippen molar-refractivity contribution in [2.24, 2.45) is 0 Å². The van der Waals surface area contributed by atoms with Crippen molar-refractivity contribution < 1.29 is 17.6 Å². The molecule has 1 fully saturated rings. The van der Waals surface area contributed by atoms with E-state index in [9.17, 15) is 13.2 Å². The molecule has 1 aromatic rings. The van der Waals surface area contributed by atoms with Crippen LogP contribution in [0.3, 0.4) is 0 Å². The van der Waals surface area contributed by atoms with E-state index in [1.807, 2.05) is 0 Å². The highest BCUT2D eigenvalue weighted by molar-refractivity contribution is 9.10. The molecule has 1 saturated heterocycles. The van der Waals surface area contributed by atoms with Crippen molar-refractivity contribution in [1.82, 2.24) is 9.62 Å². The Morgan fingerprint density at radius 2 is 2.25 bits per heavy atom. The van der Waals surface area contributed by atoms with Crippen LogP contribution in [0.1, 0.15) is 29.0 Å². The monoisotopic (exact) mass is 364 g/mol. The molecule has 8 heteroatoms. The second kappa shape index (κ2) is 5.87. The Kier molecular flexibility index (Phi) is 4.55. The predicted octanol–water partition coefficient (Wildman–Crippen LogP) is 1.50. The fourth-order valence-electron chi connectivity index (χ4n) is 2.28. The van der Waals surface area contributed by atoms with Crippen molar-refractivity contribution in [2.75, 3.05) is 19.3 Å². The lowest BCUT2D eigenvalue weighted by Crippen LogP contribution is -2.49. The molecule has 112 valence electrons. The maximum atomic E-state index is 12.1. The van der Waals surface area contributed by atoms with E-state index in [0.29, 0.717) is 17.8 Å². The Bertz CT molecular complexity index is 611. The number of aryl methyl sites for hydroxylation is 1. The van der Waals surface area contributed by atoms with Gasteiger partial charge in [0, 0.05) is 24.7 Å². The molecule has 1 aliphatic rings. The summed E-state index contributed by atoms with van der Waals surface area (Å²) in [5, 5.41) is 2.83. The van der Waals surface area contributed by atoms with E-state index in [2.05, 4.69) is 21.2 Å². The van der Waals surface area contributed by atoms with Crippen LogP contribution in [-0.4, -0.2) is 44.0 Å². The average Bonchev–Trinajstić information content (AvgIpc) is 2.68. The molecule has 0 saturated carbocycles. The normalized spacial score (nSPS) is 20.9. The molecule has 0 aliphatic carbocycles. The van der Waals surface area contributed by atoms with Gasteiger partial charge in [0.2, 0.25) is 10.0 Å². The summed E-state index contributed by atoms with van der Waals surface area (Å²) in [5.74, 6) is -0.0538. The Hall–Kier alpha value is -0.860. The van der Waals surface area contributed by atoms with Gasteiger partial charge in [-0.3, -0.25) is 4.79 Å². The van der Waals surface area contributed by atoms with Crippen molar-refractivity contribution >= 4 is 31.9 Å². The van der Waals surface area contributed by atoms with Crippen molar-refractivity contribution in [3.8, 4) is 0 Å². The van der Waals surface area contributed by atoms with E-state index in [4.69, 9.17) is 4.42 Å². The summed E-state index contributed by atoms with van der Waals surface area (Å²) >= 11 is 3.18. The zero-order chi connectivity index (χ0) is 14.9. The van der Waals surface area contributed by atoms with Gasteiger partial charge in [0.15, 0.2) is 10.4 Å². The molecule has 1 N–H and O–H groups in total. The summed E-state index contributed by atoms with van der Waals surface area (Å²) in [7, 11) is -3.21. The molecule has 0 bridgehead atoms. The van der Waals surface area contributed by atoms with Crippen LogP contribution < -0.4 is 5.32 Å². The quantitative estimate of drug-likeness (QED) is 0.881. The van der Waals surface area contributed by atoms with Gasteiger partial charge in [0.1, 0.15) is 0 Å². The van der Waals surface area contributed by atoms with E-state index in [-0.39, 0.29) is 17.7 Å².